The van der Waals surface area contributed by atoms with Gasteiger partial charge in [0.05, 0.1) is 29.3 Å². The Kier molecular flexibility index (Phi) is 5.63. The molecule has 1 aromatic carbocycles. The first kappa shape index (κ1) is 24.0. The third-order valence-electron chi connectivity index (χ3n) is 7.05. The largest absolute Gasteiger partial charge is 0.371 e. The molecule has 1 atom stereocenters. The van der Waals surface area contributed by atoms with E-state index in [1.165, 1.54) is 5.56 Å². The molecule has 9 nitrogen and oxygen atoms in total. The molecular formula is C27H33N7O2. The zero-order valence-corrected chi connectivity index (χ0v) is 21.6. The summed E-state index contributed by atoms with van der Waals surface area (Å²) >= 11 is 0. The summed E-state index contributed by atoms with van der Waals surface area (Å²) < 4.78 is 1.72. The van der Waals surface area contributed by atoms with E-state index in [1.807, 2.05) is 18.7 Å². The summed E-state index contributed by atoms with van der Waals surface area (Å²) in [4.78, 5) is 22.1. The van der Waals surface area contributed by atoms with Crippen LogP contribution < -0.4 is 4.90 Å². The minimum absolute atomic E-state index is 0.207. The highest BCUT2D eigenvalue weighted by molar-refractivity contribution is 5.94. The number of carbonyl (C=O) groups excluding carboxylic acids is 1. The van der Waals surface area contributed by atoms with Crippen LogP contribution >= 0.6 is 0 Å². The highest BCUT2D eigenvalue weighted by Crippen LogP contribution is 2.33. The number of aryl methyl sites for hydroxylation is 1. The predicted octanol–water partition coefficient (Wildman–Crippen LogP) is 3.78. The average Bonchev–Trinajstić information content (AvgIpc) is 3.49. The van der Waals surface area contributed by atoms with Gasteiger partial charge in [-0.3, -0.25) is 9.89 Å². The Morgan fingerprint density at radius 2 is 1.89 bits per heavy atom. The van der Waals surface area contributed by atoms with Gasteiger partial charge in [-0.25, -0.2) is 9.50 Å². The maximum atomic E-state index is 13.8. The Balaban J connectivity index is 1.53. The van der Waals surface area contributed by atoms with Crippen molar-refractivity contribution in [1.29, 1.82) is 0 Å². The van der Waals surface area contributed by atoms with E-state index in [0.29, 0.717) is 24.4 Å². The van der Waals surface area contributed by atoms with Gasteiger partial charge in [0.2, 0.25) is 0 Å². The number of piperazine rings is 1. The number of rotatable bonds is 3. The monoisotopic (exact) mass is 487 g/mol. The topological polar surface area (TPSA) is 103 Å². The molecule has 9 heteroatoms. The van der Waals surface area contributed by atoms with Crippen LogP contribution in [0.15, 0.2) is 48.9 Å². The molecule has 1 aliphatic rings. The molecule has 1 aliphatic heterocycles. The van der Waals surface area contributed by atoms with E-state index < -0.39 is 11.8 Å². The number of benzene rings is 1. The van der Waals surface area contributed by atoms with Crippen molar-refractivity contribution in [2.24, 2.45) is 0 Å². The molecule has 1 fully saturated rings. The van der Waals surface area contributed by atoms with Gasteiger partial charge in [0.25, 0.3) is 5.91 Å². The van der Waals surface area contributed by atoms with Gasteiger partial charge in [0, 0.05) is 30.4 Å². The smallest absolute Gasteiger partial charge is 0.274 e. The summed E-state index contributed by atoms with van der Waals surface area (Å²) in [5.74, 6) is -0.229. The number of aliphatic hydroxyl groups excluding tert-OH is 1. The van der Waals surface area contributed by atoms with Gasteiger partial charge < -0.3 is 14.9 Å². The third-order valence-corrected chi connectivity index (χ3v) is 7.05. The van der Waals surface area contributed by atoms with Gasteiger partial charge >= 0.3 is 0 Å². The van der Waals surface area contributed by atoms with Gasteiger partial charge in [-0.2, -0.15) is 10.2 Å². The standard InChI is InChI=1S/C27H33N7O2/c1-17-7-9-18(10-8-17)21-13-20(26(2,3)4)23-30-22(16-34(23)31-21)24(35)33-12-11-32(19-14-28-29-15-19)25(36)27(33,5)6/h7-10,13-16,25,36H,11-12H2,1-6H3,(H,28,29). The fraction of sp³-hybridized carbons (Fsp3) is 0.407. The fourth-order valence-electron chi connectivity index (χ4n) is 4.81. The first-order chi connectivity index (χ1) is 17.0. The van der Waals surface area contributed by atoms with Crippen molar-refractivity contribution >= 4 is 17.2 Å². The van der Waals surface area contributed by atoms with Crippen molar-refractivity contribution in [3.63, 3.8) is 0 Å². The molecule has 0 aliphatic carbocycles. The minimum atomic E-state index is -0.902. The maximum absolute atomic E-state index is 13.8. The van der Waals surface area contributed by atoms with E-state index in [0.717, 1.165) is 22.5 Å². The molecular weight excluding hydrogens is 454 g/mol. The van der Waals surface area contributed by atoms with Gasteiger partial charge in [-0.1, -0.05) is 50.6 Å². The van der Waals surface area contributed by atoms with Crippen LogP contribution in [0.5, 0.6) is 0 Å². The van der Waals surface area contributed by atoms with Crippen molar-refractivity contribution in [3.8, 4) is 11.3 Å². The number of anilines is 1. The molecule has 3 aromatic heterocycles. The number of hydrogen-bond donors (Lipinski definition) is 2. The van der Waals surface area contributed by atoms with Crippen molar-refractivity contribution in [2.45, 2.75) is 58.7 Å². The van der Waals surface area contributed by atoms with E-state index in [9.17, 15) is 9.90 Å². The Hall–Kier alpha value is -3.72. The molecule has 1 saturated heterocycles. The van der Waals surface area contributed by atoms with Crippen LogP contribution in [0.3, 0.4) is 0 Å². The lowest BCUT2D eigenvalue weighted by atomic mass is 9.87. The summed E-state index contributed by atoms with van der Waals surface area (Å²) in [5, 5.41) is 22.7. The lowest BCUT2D eigenvalue weighted by Gasteiger charge is -2.50. The number of fused-ring (bicyclic) bond motifs is 1. The molecule has 2 N–H and O–H groups in total. The van der Waals surface area contributed by atoms with Gasteiger partial charge in [-0.15, -0.1) is 0 Å². The highest BCUT2D eigenvalue weighted by Gasteiger charge is 2.45. The van der Waals surface area contributed by atoms with Crippen LogP contribution in [-0.2, 0) is 5.41 Å². The van der Waals surface area contributed by atoms with Crippen LogP contribution in [0.25, 0.3) is 16.9 Å². The normalized spacial score (nSPS) is 18.1. The van der Waals surface area contributed by atoms with Gasteiger partial charge in [-0.05, 0) is 32.3 Å². The van der Waals surface area contributed by atoms with Crippen LogP contribution in [-0.4, -0.2) is 65.6 Å². The van der Waals surface area contributed by atoms with E-state index in [1.54, 1.807) is 28.0 Å². The number of nitrogens with one attached hydrogen (secondary N) is 1. The number of aromatic amines is 1. The number of aromatic nitrogens is 5. The molecule has 0 saturated carbocycles. The molecule has 4 heterocycles. The second kappa shape index (κ2) is 8.44. The summed E-state index contributed by atoms with van der Waals surface area (Å²) in [5.41, 5.74) is 4.74. The second-order valence-corrected chi connectivity index (χ2v) is 11.1. The molecule has 0 bridgehead atoms. The molecule has 0 spiro atoms. The van der Waals surface area contributed by atoms with E-state index in [-0.39, 0.29) is 11.3 Å². The highest BCUT2D eigenvalue weighted by atomic mass is 16.3. The number of H-pyrrole nitrogens is 1. The number of carbonyl (C=O) groups is 1. The zero-order valence-electron chi connectivity index (χ0n) is 21.6. The lowest BCUT2D eigenvalue weighted by molar-refractivity contribution is -0.0232. The molecule has 4 aromatic rings. The predicted molar refractivity (Wildman–Crippen MR) is 139 cm³/mol. The number of nitrogens with zero attached hydrogens (tertiary/aromatic N) is 6. The zero-order chi connectivity index (χ0) is 25.8. The van der Waals surface area contributed by atoms with Crippen LogP contribution in [0.2, 0.25) is 0 Å². The quantitative estimate of drug-likeness (QED) is 0.456. The maximum Gasteiger partial charge on any atom is 0.274 e. The Labute approximate surface area is 210 Å². The Bertz CT molecular complexity index is 1400. The van der Waals surface area contributed by atoms with Crippen LogP contribution in [0, 0.1) is 6.92 Å². The Morgan fingerprint density at radius 1 is 1.17 bits per heavy atom. The number of amides is 1. The number of imidazole rings is 1. The molecule has 188 valence electrons. The molecule has 5 rings (SSSR count). The average molecular weight is 488 g/mol. The third kappa shape index (κ3) is 4.03. The molecule has 36 heavy (non-hydrogen) atoms. The summed E-state index contributed by atoms with van der Waals surface area (Å²) in [6.45, 7) is 13.1. The van der Waals surface area contributed by atoms with Crippen molar-refractivity contribution < 1.29 is 9.90 Å². The molecule has 0 radical (unpaired) electrons. The van der Waals surface area contributed by atoms with Crippen molar-refractivity contribution in [1.82, 2.24) is 29.7 Å². The van der Waals surface area contributed by atoms with Crippen LogP contribution in [0.1, 0.15) is 56.2 Å². The fourth-order valence-corrected chi connectivity index (χ4v) is 4.81. The van der Waals surface area contributed by atoms with E-state index >= 15 is 0 Å². The van der Waals surface area contributed by atoms with E-state index in [4.69, 9.17) is 10.1 Å². The lowest BCUT2D eigenvalue weighted by Crippen LogP contribution is -2.67. The minimum Gasteiger partial charge on any atom is -0.371 e. The summed E-state index contributed by atoms with van der Waals surface area (Å²) in [7, 11) is 0. The van der Waals surface area contributed by atoms with Gasteiger partial charge in [0.15, 0.2) is 5.65 Å². The molecule has 1 unspecified atom stereocenters. The van der Waals surface area contributed by atoms with Crippen molar-refractivity contribution in [3.05, 3.63) is 65.7 Å². The first-order valence-corrected chi connectivity index (χ1v) is 12.2. The molecule has 1 amide bonds. The Morgan fingerprint density at radius 3 is 2.53 bits per heavy atom. The summed E-state index contributed by atoms with van der Waals surface area (Å²) in [6.07, 6.45) is 4.21. The number of hydrogen-bond acceptors (Lipinski definition) is 6. The SMILES string of the molecule is Cc1ccc(-c2cc(C(C)(C)C)c3nc(C(=O)N4CCN(c5cn[nH]c5)C(O)C4(C)C)cn3n2)cc1. The van der Waals surface area contributed by atoms with Crippen molar-refractivity contribution in [2.75, 3.05) is 18.0 Å². The number of aliphatic hydroxyl groups is 1. The van der Waals surface area contributed by atoms with Gasteiger partial charge in [0.1, 0.15) is 11.9 Å². The summed E-state index contributed by atoms with van der Waals surface area (Å²) in [6, 6.07) is 10.3. The van der Waals surface area contributed by atoms with Crippen LogP contribution in [0.4, 0.5) is 5.69 Å². The second-order valence-electron chi connectivity index (χ2n) is 11.1. The van der Waals surface area contributed by atoms with E-state index in [2.05, 4.69) is 68.2 Å². The first-order valence-electron chi connectivity index (χ1n) is 12.2.